The van der Waals surface area contributed by atoms with Gasteiger partial charge in [-0.15, -0.1) is 0 Å². The maximum atomic E-state index is 12.8. The van der Waals surface area contributed by atoms with E-state index in [1.54, 1.807) is 0 Å². The van der Waals surface area contributed by atoms with Gasteiger partial charge in [-0.2, -0.15) is 0 Å². The fraction of sp³-hybridized carbons (Fsp3) is 0.381. The zero-order valence-electron chi connectivity index (χ0n) is 14.6. The van der Waals surface area contributed by atoms with E-state index in [9.17, 15) is 4.79 Å². The summed E-state index contributed by atoms with van der Waals surface area (Å²) in [5, 5.41) is 1.56. The number of piperazine rings is 1. The third kappa shape index (κ3) is 3.90. The molecule has 3 nitrogen and oxygen atoms in total. The van der Waals surface area contributed by atoms with Gasteiger partial charge >= 0.3 is 0 Å². The van der Waals surface area contributed by atoms with Crippen LogP contribution in [0.25, 0.3) is 0 Å². The summed E-state index contributed by atoms with van der Waals surface area (Å²) in [7, 11) is 0. The Hall–Kier alpha value is -1.55. The summed E-state index contributed by atoms with van der Waals surface area (Å²) in [6.07, 6.45) is 0.959. The van der Waals surface area contributed by atoms with E-state index in [4.69, 9.17) is 23.2 Å². The molecule has 0 spiro atoms. The fourth-order valence-electron chi connectivity index (χ4n) is 3.77. The Morgan fingerprint density at radius 2 is 1.65 bits per heavy atom. The quantitative estimate of drug-likeness (QED) is 0.772. The summed E-state index contributed by atoms with van der Waals surface area (Å²) < 4.78 is 0. The van der Waals surface area contributed by atoms with Gasteiger partial charge in [0.1, 0.15) is 0 Å². The highest BCUT2D eigenvalue weighted by Crippen LogP contribution is 2.48. The Balaban J connectivity index is 1.29. The standard InChI is InChI=1S/C21H22Cl2N2O/c22-17-7-5-15(6-8-17)18-13-19(18)21(26)25-11-9-24(10-12-25)14-16-3-1-2-4-20(16)23/h1-8,18-19H,9-14H2. The van der Waals surface area contributed by atoms with Gasteiger partial charge in [0, 0.05) is 48.7 Å². The van der Waals surface area contributed by atoms with Crippen LogP contribution in [0.4, 0.5) is 0 Å². The van der Waals surface area contributed by atoms with Gasteiger partial charge in [0.2, 0.25) is 5.91 Å². The number of halogens is 2. The van der Waals surface area contributed by atoms with E-state index in [0.717, 1.165) is 54.8 Å². The Kier molecular flexibility index (Phi) is 5.21. The molecule has 4 rings (SSSR count). The third-order valence-corrected chi connectivity index (χ3v) is 6.06. The first kappa shape index (κ1) is 17.8. The first-order chi connectivity index (χ1) is 12.6. The average molecular weight is 389 g/mol. The second-order valence-corrected chi connectivity index (χ2v) is 8.04. The van der Waals surface area contributed by atoms with Crippen LogP contribution in [0.1, 0.15) is 23.5 Å². The van der Waals surface area contributed by atoms with Crippen molar-refractivity contribution in [2.45, 2.75) is 18.9 Å². The number of benzene rings is 2. The highest BCUT2D eigenvalue weighted by atomic mass is 35.5. The van der Waals surface area contributed by atoms with Crippen LogP contribution in [0, 0.1) is 5.92 Å². The van der Waals surface area contributed by atoms with Crippen molar-refractivity contribution in [1.29, 1.82) is 0 Å². The normalized spacial score (nSPS) is 23.1. The molecule has 1 saturated carbocycles. The average Bonchev–Trinajstić information content (AvgIpc) is 3.45. The van der Waals surface area contributed by atoms with Crippen LogP contribution < -0.4 is 0 Å². The van der Waals surface area contributed by atoms with Crippen molar-refractivity contribution in [2.24, 2.45) is 5.92 Å². The highest BCUT2D eigenvalue weighted by Gasteiger charge is 2.46. The number of carbonyl (C=O) groups is 1. The number of hydrogen-bond acceptors (Lipinski definition) is 2. The molecule has 2 aliphatic rings. The molecular weight excluding hydrogens is 367 g/mol. The van der Waals surface area contributed by atoms with Crippen LogP contribution in [0.15, 0.2) is 48.5 Å². The molecule has 2 atom stereocenters. The van der Waals surface area contributed by atoms with Crippen molar-refractivity contribution in [3.63, 3.8) is 0 Å². The first-order valence-electron chi connectivity index (χ1n) is 9.12. The summed E-state index contributed by atoms with van der Waals surface area (Å²) in [5.41, 5.74) is 2.38. The monoisotopic (exact) mass is 388 g/mol. The summed E-state index contributed by atoms with van der Waals surface area (Å²) in [5.74, 6) is 0.814. The molecule has 0 aromatic heterocycles. The second-order valence-electron chi connectivity index (χ2n) is 7.19. The predicted octanol–water partition coefficient (Wildman–Crippen LogP) is 4.44. The summed E-state index contributed by atoms with van der Waals surface area (Å²) >= 11 is 12.2. The summed E-state index contributed by atoms with van der Waals surface area (Å²) in [6, 6.07) is 15.9. The van der Waals surface area contributed by atoms with E-state index in [-0.39, 0.29) is 5.92 Å². The number of carbonyl (C=O) groups excluding carboxylic acids is 1. The maximum absolute atomic E-state index is 12.8. The lowest BCUT2D eigenvalue weighted by molar-refractivity contribution is -0.134. The maximum Gasteiger partial charge on any atom is 0.226 e. The van der Waals surface area contributed by atoms with Crippen LogP contribution in [-0.4, -0.2) is 41.9 Å². The van der Waals surface area contributed by atoms with Gasteiger partial charge in [0.15, 0.2) is 0 Å². The Labute approximate surface area is 164 Å². The van der Waals surface area contributed by atoms with Crippen LogP contribution in [0.2, 0.25) is 10.0 Å². The smallest absolute Gasteiger partial charge is 0.226 e. The van der Waals surface area contributed by atoms with E-state index in [2.05, 4.69) is 11.0 Å². The Morgan fingerprint density at radius 3 is 2.35 bits per heavy atom. The van der Waals surface area contributed by atoms with Crippen LogP contribution in [0.3, 0.4) is 0 Å². The molecule has 2 aromatic carbocycles. The molecule has 0 N–H and O–H groups in total. The molecule has 136 valence electrons. The second kappa shape index (κ2) is 7.59. The van der Waals surface area contributed by atoms with Crippen molar-refractivity contribution in [3.05, 3.63) is 69.7 Å². The molecule has 5 heteroatoms. The van der Waals surface area contributed by atoms with E-state index in [1.807, 2.05) is 47.4 Å². The molecular formula is C21H22Cl2N2O. The lowest BCUT2D eigenvalue weighted by Gasteiger charge is -2.35. The van der Waals surface area contributed by atoms with Crippen LogP contribution >= 0.6 is 23.2 Å². The fourth-order valence-corrected chi connectivity index (χ4v) is 4.10. The van der Waals surface area contributed by atoms with Gasteiger partial charge in [-0.1, -0.05) is 53.5 Å². The minimum Gasteiger partial charge on any atom is -0.340 e. The topological polar surface area (TPSA) is 23.6 Å². The largest absolute Gasteiger partial charge is 0.340 e. The van der Waals surface area contributed by atoms with Gasteiger partial charge in [-0.25, -0.2) is 0 Å². The van der Waals surface area contributed by atoms with Gasteiger partial charge in [-0.05, 0) is 41.7 Å². The number of hydrogen-bond donors (Lipinski definition) is 0. The van der Waals surface area contributed by atoms with E-state index in [0.29, 0.717) is 11.8 Å². The minimum atomic E-state index is 0.145. The highest BCUT2D eigenvalue weighted by molar-refractivity contribution is 6.31. The molecule has 0 radical (unpaired) electrons. The summed E-state index contributed by atoms with van der Waals surface area (Å²) in [6.45, 7) is 4.24. The molecule has 1 aliphatic heterocycles. The molecule has 1 aliphatic carbocycles. The number of amides is 1. The molecule has 2 fully saturated rings. The Morgan fingerprint density at radius 1 is 0.962 bits per heavy atom. The third-order valence-electron chi connectivity index (χ3n) is 5.44. The van der Waals surface area contributed by atoms with Crippen molar-refractivity contribution < 1.29 is 4.79 Å². The Bertz CT molecular complexity index is 785. The molecule has 1 amide bonds. The summed E-state index contributed by atoms with van der Waals surface area (Å²) in [4.78, 5) is 17.2. The molecule has 0 bridgehead atoms. The molecule has 2 aromatic rings. The van der Waals surface area contributed by atoms with Gasteiger partial charge in [0.05, 0.1) is 0 Å². The lowest BCUT2D eigenvalue weighted by Crippen LogP contribution is -2.48. The van der Waals surface area contributed by atoms with E-state index in [1.165, 1.54) is 5.56 Å². The van der Waals surface area contributed by atoms with Gasteiger partial charge in [-0.3, -0.25) is 9.69 Å². The van der Waals surface area contributed by atoms with E-state index < -0.39 is 0 Å². The van der Waals surface area contributed by atoms with Crippen LogP contribution in [0.5, 0.6) is 0 Å². The van der Waals surface area contributed by atoms with Crippen molar-refractivity contribution in [1.82, 2.24) is 9.80 Å². The van der Waals surface area contributed by atoms with Crippen molar-refractivity contribution in [3.8, 4) is 0 Å². The number of nitrogens with zero attached hydrogens (tertiary/aromatic N) is 2. The lowest BCUT2D eigenvalue weighted by atomic mass is 10.1. The number of rotatable bonds is 4. The molecule has 1 saturated heterocycles. The first-order valence-corrected chi connectivity index (χ1v) is 9.87. The van der Waals surface area contributed by atoms with Crippen molar-refractivity contribution in [2.75, 3.05) is 26.2 Å². The molecule has 1 heterocycles. The van der Waals surface area contributed by atoms with Crippen molar-refractivity contribution >= 4 is 29.1 Å². The van der Waals surface area contributed by atoms with Gasteiger partial charge < -0.3 is 4.90 Å². The van der Waals surface area contributed by atoms with Crippen LogP contribution in [-0.2, 0) is 11.3 Å². The van der Waals surface area contributed by atoms with E-state index >= 15 is 0 Å². The molecule has 2 unspecified atom stereocenters. The zero-order valence-corrected chi connectivity index (χ0v) is 16.1. The van der Waals surface area contributed by atoms with Gasteiger partial charge in [0.25, 0.3) is 0 Å². The molecule has 26 heavy (non-hydrogen) atoms. The zero-order chi connectivity index (χ0) is 18.1. The SMILES string of the molecule is O=C(C1CC1c1ccc(Cl)cc1)N1CCN(Cc2ccccc2Cl)CC1. The minimum absolute atomic E-state index is 0.145. The predicted molar refractivity (Wildman–Crippen MR) is 106 cm³/mol.